The Morgan fingerprint density at radius 1 is 1.14 bits per heavy atom. The van der Waals surface area contributed by atoms with Gasteiger partial charge < -0.3 is 14.2 Å². The number of esters is 3. The number of hydrogen-bond donors (Lipinski definition) is 0. The lowest BCUT2D eigenvalue weighted by atomic mass is 9.72. The van der Waals surface area contributed by atoms with Gasteiger partial charge in [0.1, 0.15) is 11.5 Å². The molecule has 0 bridgehead atoms. The van der Waals surface area contributed by atoms with Crippen LogP contribution >= 0.6 is 0 Å². The van der Waals surface area contributed by atoms with Crippen molar-refractivity contribution in [3.05, 3.63) is 48.0 Å². The molecule has 0 unspecified atom stereocenters. The lowest BCUT2D eigenvalue weighted by Crippen LogP contribution is -2.42. The van der Waals surface area contributed by atoms with E-state index in [9.17, 15) is 14.4 Å². The van der Waals surface area contributed by atoms with E-state index in [1.165, 1.54) is 0 Å². The van der Waals surface area contributed by atoms with Gasteiger partial charge in [0, 0.05) is 6.42 Å². The number of carbonyl (C=O) groups is 3. The molecule has 2 rings (SSSR count). The van der Waals surface area contributed by atoms with E-state index in [1.54, 1.807) is 13.8 Å². The minimum absolute atomic E-state index is 0.105. The van der Waals surface area contributed by atoms with E-state index >= 15 is 0 Å². The molecular formula is C22H28O6. The van der Waals surface area contributed by atoms with Gasteiger partial charge in [-0.15, -0.1) is 0 Å². The van der Waals surface area contributed by atoms with Crippen molar-refractivity contribution in [3.63, 3.8) is 0 Å². The van der Waals surface area contributed by atoms with Gasteiger partial charge in [-0.3, -0.25) is 9.59 Å². The number of carbonyl (C=O) groups excluding carboxylic acids is 3. The normalized spacial score (nSPS) is 21.3. The quantitative estimate of drug-likeness (QED) is 0.347. The number of cyclic esters (lactones) is 1. The summed E-state index contributed by atoms with van der Waals surface area (Å²) in [5.41, 5.74) is -0.0813. The Labute approximate surface area is 165 Å². The number of rotatable bonds is 10. The standard InChI is InChI=1S/C22H28O6/c1-4-26-19(23)12-9-15-22(21(25)27-5-2)16(3)20(24)28-18(22)14-13-17-10-7-6-8-11-17/h6-8,10-11,18H,3-5,9,12-15H2,1-2H3/t18-,22+/m1/s1. The van der Waals surface area contributed by atoms with Crippen LogP contribution in [0.5, 0.6) is 0 Å². The monoisotopic (exact) mass is 388 g/mol. The first-order chi connectivity index (χ1) is 13.5. The van der Waals surface area contributed by atoms with Crippen molar-refractivity contribution in [2.45, 2.75) is 52.1 Å². The molecular weight excluding hydrogens is 360 g/mol. The van der Waals surface area contributed by atoms with Gasteiger partial charge >= 0.3 is 17.9 Å². The molecule has 28 heavy (non-hydrogen) atoms. The van der Waals surface area contributed by atoms with Gasteiger partial charge in [-0.1, -0.05) is 36.9 Å². The van der Waals surface area contributed by atoms with E-state index in [4.69, 9.17) is 14.2 Å². The molecule has 0 N–H and O–H groups in total. The molecule has 6 nitrogen and oxygen atoms in total. The third kappa shape index (κ3) is 4.80. The van der Waals surface area contributed by atoms with Crippen LogP contribution in [0.3, 0.4) is 0 Å². The van der Waals surface area contributed by atoms with Crippen molar-refractivity contribution >= 4 is 17.9 Å². The fraction of sp³-hybridized carbons (Fsp3) is 0.500. The Kier molecular flexibility index (Phi) is 7.79. The van der Waals surface area contributed by atoms with E-state index < -0.39 is 23.5 Å². The molecule has 1 aliphatic rings. The van der Waals surface area contributed by atoms with Crippen molar-refractivity contribution in [1.82, 2.24) is 0 Å². The fourth-order valence-corrected chi connectivity index (χ4v) is 3.60. The molecule has 152 valence electrons. The van der Waals surface area contributed by atoms with Crippen LogP contribution in [0.1, 0.15) is 45.1 Å². The summed E-state index contributed by atoms with van der Waals surface area (Å²) in [6.45, 7) is 7.78. The summed E-state index contributed by atoms with van der Waals surface area (Å²) < 4.78 is 15.8. The first-order valence-electron chi connectivity index (χ1n) is 9.72. The molecule has 1 fully saturated rings. The number of ether oxygens (including phenoxy) is 3. The van der Waals surface area contributed by atoms with E-state index in [0.29, 0.717) is 25.9 Å². The molecule has 0 aromatic heterocycles. The minimum atomic E-state index is -1.27. The zero-order valence-electron chi connectivity index (χ0n) is 16.6. The highest BCUT2D eigenvalue weighted by Gasteiger charge is 2.58. The Morgan fingerprint density at radius 3 is 2.46 bits per heavy atom. The minimum Gasteiger partial charge on any atom is -0.466 e. The third-order valence-corrected chi connectivity index (χ3v) is 5.02. The molecule has 0 amide bonds. The van der Waals surface area contributed by atoms with Gasteiger partial charge in [0.25, 0.3) is 0 Å². The Hall–Kier alpha value is -2.63. The highest BCUT2D eigenvalue weighted by Crippen LogP contribution is 2.46. The van der Waals surface area contributed by atoms with Gasteiger partial charge in [-0.25, -0.2) is 4.79 Å². The van der Waals surface area contributed by atoms with Crippen molar-refractivity contribution in [2.24, 2.45) is 5.41 Å². The first-order valence-corrected chi connectivity index (χ1v) is 9.72. The summed E-state index contributed by atoms with van der Waals surface area (Å²) >= 11 is 0. The van der Waals surface area contributed by atoms with E-state index in [2.05, 4.69) is 6.58 Å². The second-order valence-electron chi connectivity index (χ2n) is 6.75. The van der Waals surface area contributed by atoms with Crippen LogP contribution in [-0.2, 0) is 35.0 Å². The highest BCUT2D eigenvalue weighted by atomic mass is 16.6. The Morgan fingerprint density at radius 2 is 1.82 bits per heavy atom. The lowest BCUT2D eigenvalue weighted by molar-refractivity contribution is -0.159. The van der Waals surface area contributed by atoms with Crippen LogP contribution in [-0.4, -0.2) is 37.2 Å². The van der Waals surface area contributed by atoms with Crippen LogP contribution in [0.2, 0.25) is 0 Å². The van der Waals surface area contributed by atoms with Crippen molar-refractivity contribution in [3.8, 4) is 0 Å². The average molecular weight is 388 g/mol. The lowest BCUT2D eigenvalue weighted by Gasteiger charge is -2.31. The predicted octanol–water partition coefficient (Wildman–Crippen LogP) is 3.38. The van der Waals surface area contributed by atoms with E-state index in [1.807, 2.05) is 30.3 Å². The molecule has 0 spiro atoms. The molecule has 1 aromatic carbocycles. The molecule has 2 atom stereocenters. The zero-order chi connectivity index (χ0) is 20.6. The molecule has 1 aromatic rings. The average Bonchev–Trinajstić information content (AvgIpc) is 2.93. The maximum atomic E-state index is 12.9. The van der Waals surface area contributed by atoms with Gasteiger partial charge in [0.2, 0.25) is 0 Å². The summed E-state index contributed by atoms with van der Waals surface area (Å²) in [5, 5.41) is 0. The third-order valence-electron chi connectivity index (χ3n) is 5.02. The van der Waals surface area contributed by atoms with Crippen LogP contribution < -0.4 is 0 Å². The largest absolute Gasteiger partial charge is 0.466 e. The van der Waals surface area contributed by atoms with Crippen molar-refractivity contribution in [1.29, 1.82) is 0 Å². The smallest absolute Gasteiger partial charge is 0.335 e. The molecule has 0 aliphatic carbocycles. The van der Waals surface area contributed by atoms with Crippen LogP contribution in [0, 0.1) is 5.41 Å². The molecule has 0 radical (unpaired) electrons. The molecule has 1 heterocycles. The van der Waals surface area contributed by atoms with Crippen molar-refractivity contribution < 1.29 is 28.6 Å². The maximum absolute atomic E-state index is 12.9. The zero-order valence-corrected chi connectivity index (χ0v) is 16.6. The second kappa shape index (κ2) is 10.1. The first kappa shape index (κ1) is 21.7. The summed E-state index contributed by atoms with van der Waals surface area (Å²) in [6.07, 6.45) is 1.21. The molecule has 1 aliphatic heterocycles. The maximum Gasteiger partial charge on any atom is 0.335 e. The summed E-state index contributed by atoms with van der Waals surface area (Å²) in [5.74, 6) is -1.44. The Balaban J connectivity index is 2.20. The number of aryl methyl sites for hydroxylation is 1. The summed E-state index contributed by atoms with van der Waals surface area (Å²) in [6, 6.07) is 9.77. The van der Waals surface area contributed by atoms with Gasteiger partial charge in [-0.2, -0.15) is 0 Å². The second-order valence-corrected chi connectivity index (χ2v) is 6.75. The SMILES string of the molecule is C=C1C(=O)O[C@H](CCc2ccccc2)[C@@]1(CCCC(=O)OCC)C(=O)OCC. The van der Waals surface area contributed by atoms with Crippen LogP contribution in [0.4, 0.5) is 0 Å². The predicted molar refractivity (Wildman–Crippen MR) is 103 cm³/mol. The van der Waals surface area contributed by atoms with Gasteiger partial charge in [-0.05, 0) is 45.1 Å². The highest BCUT2D eigenvalue weighted by molar-refractivity contribution is 6.01. The molecule has 6 heteroatoms. The van der Waals surface area contributed by atoms with E-state index in [0.717, 1.165) is 5.56 Å². The van der Waals surface area contributed by atoms with E-state index in [-0.39, 0.29) is 31.0 Å². The number of benzene rings is 1. The van der Waals surface area contributed by atoms with Gasteiger partial charge in [0.05, 0.1) is 18.8 Å². The summed E-state index contributed by atoms with van der Waals surface area (Å²) in [4.78, 5) is 36.9. The van der Waals surface area contributed by atoms with Gasteiger partial charge in [0.15, 0.2) is 0 Å². The van der Waals surface area contributed by atoms with Crippen LogP contribution in [0.25, 0.3) is 0 Å². The van der Waals surface area contributed by atoms with Crippen LogP contribution in [0.15, 0.2) is 42.5 Å². The molecule has 1 saturated heterocycles. The summed E-state index contributed by atoms with van der Waals surface area (Å²) in [7, 11) is 0. The topological polar surface area (TPSA) is 78.9 Å². The fourth-order valence-electron chi connectivity index (χ4n) is 3.60. The molecule has 0 saturated carbocycles. The Bertz CT molecular complexity index is 711. The van der Waals surface area contributed by atoms with Crippen molar-refractivity contribution in [2.75, 3.05) is 13.2 Å². The number of hydrogen-bond acceptors (Lipinski definition) is 6.